The zero-order valence-electron chi connectivity index (χ0n) is 36.1. The van der Waals surface area contributed by atoms with Crippen molar-refractivity contribution in [2.24, 2.45) is 17.6 Å². The van der Waals surface area contributed by atoms with E-state index >= 15 is 0 Å². The van der Waals surface area contributed by atoms with E-state index in [9.17, 15) is 33.6 Å². The van der Waals surface area contributed by atoms with Gasteiger partial charge in [0.15, 0.2) is 0 Å². The van der Waals surface area contributed by atoms with Crippen molar-refractivity contribution in [3.05, 3.63) is 90.1 Å². The van der Waals surface area contributed by atoms with Gasteiger partial charge >= 0.3 is 0 Å². The van der Waals surface area contributed by atoms with Crippen molar-refractivity contribution in [1.82, 2.24) is 46.0 Å². The lowest BCUT2D eigenvalue weighted by Crippen LogP contribution is -2.59. The minimum Gasteiger partial charge on any atom is -0.368 e. The number of hydrogen-bond acceptors (Lipinski definition) is 9. The summed E-state index contributed by atoms with van der Waals surface area (Å²) >= 11 is 0. The Morgan fingerprint density at radius 3 is 2.21 bits per heavy atom. The number of para-hydroxylation sites is 1. The highest BCUT2D eigenvalue weighted by Gasteiger charge is 2.39. The Balaban J connectivity index is 1.36. The molecule has 1 fully saturated rings. The predicted molar refractivity (Wildman–Crippen MR) is 234 cm³/mol. The second-order valence-corrected chi connectivity index (χ2v) is 16.8. The van der Waals surface area contributed by atoms with Crippen LogP contribution in [0.15, 0.2) is 73.3 Å². The molecule has 17 heteroatoms. The summed E-state index contributed by atoms with van der Waals surface area (Å²) in [5, 5.41) is 15.6. The number of carbonyl (C=O) groups excluding carboxylic acids is 7. The van der Waals surface area contributed by atoms with Gasteiger partial charge in [-0.1, -0.05) is 76.2 Å². The highest BCUT2D eigenvalue weighted by molar-refractivity contribution is 5.96. The standard InChI is InChI=1S/C45H60N10O7/c1-27(2)18-33(23-48-40(28(3)4)41(46)58)51-42(59)36(21-32-22-47-25-49-32)52-43(60)35(19-30-12-7-6-8-13-30)53-44(61)39-16-11-17-55(39)45(62)37(50-29(5)57)20-31-24-54(26-56)38-15-10-9-14-34(31)38/h6-10,12-15,22,24-28,33,35-37,39-40,48H,11,16-21,23H2,1-5H3,(H2,46,58)(H,47,49)(H,50,57)(H,51,59)(H,52,60)(H,53,61)/t33-,35-,36-,37-,39-,40-/m0/s1. The van der Waals surface area contributed by atoms with Crippen LogP contribution in [0.25, 0.3) is 10.9 Å². The summed E-state index contributed by atoms with van der Waals surface area (Å²) in [5.41, 5.74) is 8.31. The molecule has 8 N–H and O–H groups in total. The Morgan fingerprint density at radius 2 is 1.56 bits per heavy atom. The van der Waals surface area contributed by atoms with Gasteiger partial charge in [0.2, 0.25) is 41.9 Å². The van der Waals surface area contributed by atoms with E-state index in [0.29, 0.717) is 42.4 Å². The molecule has 332 valence electrons. The number of benzene rings is 2. The molecule has 62 heavy (non-hydrogen) atoms. The number of rotatable bonds is 22. The summed E-state index contributed by atoms with van der Waals surface area (Å²) < 4.78 is 1.42. The van der Waals surface area contributed by atoms with E-state index in [0.717, 1.165) is 10.9 Å². The van der Waals surface area contributed by atoms with Gasteiger partial charge in [0.1, 0.15) is 24.2 Å². The molecular formula is C45H60N10O7. The average Bonchev–Trinajstić information content (AvgIpc) is 4.01. The first-order valence-corrected chi connectivity index (χ1v) is 21.2. The van der Waals surface area contributed by atoms with Gasteiger partial charge in [-0.05, 0) is 48.3 Å². The maximum atomic E-state index is 14.4. The van der Waals surface area contributed by atoms with E-state index in [1.807, 2.05) is 70.2 Å². The second-order valence-electron chi connectivity index (χ2n) is 16.8. The SMILES string of the molecule is CC(=O)N[C@@H](Cc1cn(C=O)c2ccccc12)C(=O)N1CCC[C@H]1C(=O)N[C@@H](Cc1ccccc1)C(=O)N[C@@H](Cc1cnc[nH]1)C(=O)N[C@H](CN[C@H](C(N)=O)C(C)C)CC(C)C. The Bertz CT molecular complexity index is 2170. The van der Waals surface area contributed by atoms with Crippen molar-refractivity contribution in [2.75, 3.05) is 13.1 Å². The number of fused-ring (bicyclic) bond motifs is 1. The number of aromatic nitrogens is 3. The Morgan fingerprint density at radius 1 is 0.871 bits per heavy atom. The predicted octanol–water partition coefficient (Wildman–Crippen LogP) is 1.53. The van der Waals surface area contributed by atoms with Crippen LogP contribution in [0.5, 0.6) is 0 Å². The fourth-order valence-electron chi connectivity index (χ4n) is 8.12. The third-order valence-corrected chi connectivity index (χ3v) is 11.1. The van der Waals surface area contributed by atoms with Crippen LogP contribution in [0.4, 0.5) is 0 Å². The Kier molecular flexibility index (Phi) is 16.5. The lowest BCUT2D eigenvalue weighted by atomic mass is 10.00. The molecule has 17 nitrogen and oxygen atoms in total. The van der Waals surface area contributed by atoms with Gasteiger partial charge in [0, 0.05) is 68.8 Å². The van der Waals surface area contributed by atoms with Crippen LogP contribution < -0.4 is 32.3 Å². The van der Waals surface area contributed by atoms with Gasteiger partial charge in [0.25, 0.3) is 0 Å². The normalized spacial score (nSPS) is 16.3. The number of amides is 6. The van der Waals surface area contributed by atoms with Crippen LogP contribution in [-0.2, 0) is 52.8 Å². The van der Waals surface area contributed by atoms with Crippen LogP contribution in [-0.4, -0.2) is 111 Å². The second kappa shape index (κ2) is 21.9. The quantitative estimate of drug-likeness (QED) is 0.0567. The Hall–Kier alpha value is -6.36. The fourth-order valence-corrected chi connectivity index (χ4v) is 8.12. The molecule has 0 saturated carbocycles. The zero-order valence-corrected chi connectivity index (χ0v) is 36.1. The van der Waals surface area contributed by atoms with E-state index in [1.165, 1.54) is 22.7 Å². The monoisotopic (exact) mass is 852 g/mol. The lowest BCUT2D eigenvalue weighted by molar-refractivity contribution is -0.142. The van der Waals surface area contributed by atoms with Crippen molar-refractivity contribution in [1.29, 1.82) is 0 Å². The van der Waals surface area contributed by atoms with Gasteiger partial charge < -0.3 is 42.2 Å². The van der Waals surface area contributed by atoms with Gasteiger partial charge in [-0.15, -0.1) is 0 Å². The lowest BCUT2D eigenvalue weighted by Gasteiger charge is -2.30. The number of likely N-dealkylation sites (tertiary alicyclic amines) is 1. The van der Waals surface area contributed by atoms with Crippen molar-refractivity contribution in [3.63, 3.8) is 0 Å². The summed E-state index contributed by atoms with van der Waals surface area (Å²) in [6.07, 6.45) is 6.94. The number of nitrogens with zero attached hydrogens (tertiary/aromatic N) is 3. The smallest absolute Gasteiger partial charge is 0.246 e. The summed E-state index contributed by atoms with van der Waals surface area (Å²) in [5.74, 6) is -2.95. The molecule has 2 aromatic heterocycles. The summed E-state index contributed by atoms with van der Waals surface area (Å²) in [4.78, 5) is 102. The van der Waals surface area contributed by atoms with Crippen LogP contribution >= 0.6 is 0 Å². The minimum atomic E-state index is -1.16. The molecule has 0 bridgehead atoms. The summed E-state index contributed by atoms with van der Waals surface area (Å²) in [6, 6.07) is 11.1. The molecule has 6 amide bonds. The van der Waals surface area contributed by atoms with Crippen molar-refractivity contribution < 1.29 is 33.6 Å². The van der Waals surface area contributed by atoms with E-state index in [4.69, 9.17) is 5.73 Å². The third kappa shape index (κ3) is 12.6. The van der Waals surface area contributed by atoms with Gasteiger partial charge in [-0.2, -0.15) is 0 Å². The number of imidazole rings is 1. The molecular weight excluding hydrogens is 793 g/mol. The van der Waals surface area contributed by atoms with Gasteiger partial charge in [-0.3, -0.25) is 38.1 Å². The van der Waals surface area contributed by atoms with E-state index in [-0.39, 0.29) is 44.2 Å². The van der Waals surface area contributed by atoms with Gasteiger partial charge in [0.05, 0.1) is 17.9 Å². The third-order valence-electron chi connectivity index (χ3n) is 11.1. The molecule has 1 aliphatic heterocycles. The molecule has 1 aliphatic rings. The van der Waals surface area contributed by atoms with Crippen molar-refractivity contribution in [3.8, 4) is 0 Å². The van der Waals surface area contributed by atoms with Crippen LogP contribution in [0.1, 0.15) is 70.7 Å². The number of H-pyrrole nitrogens is 1. The fraction of sp³-hybridized carbons (Fsp3) is 0.467. The van der Waals surface area contributed by atoms with Crippen molar-refractivity contribution in [2.45, 2.75) is 109 Å². The topological polar surface area (TPSA) is 243 Å². The zero-order chi connectivity index (χ0) is 44.9. The molecule has 4 aromatic rings. The van der Waals surface area contributed by atoms with E-state index in [1.54, 1.807) is 24.5 Å². The summed E-state index contributed by atoms with van der Waals surface area (Å²) in [6.45, 7) is 9.60. The summed E-state index contributed by atoms with van der Waals surface area (Å²) in [7, 11) is 0. The van der Waals surface area contributed by atoms with E-state index < -0.39 is 71.7 Å². The molecule has 2 aromatic carbocycles. The van der Waals surface area contributed by atoms with Crippen LogP contribution in [0, 0.1) is 11.8 Å². The number of primary amides is 1. The number of nitrogens with two attached hydrogens (primary N) is 1. The number of nitrogens with one attached hydrogen (secondary N) is 6. The molecule has 0 radical (unpaired) electrons. The number of aromatic amines is 1. The molecule has 3 heterocycles. The van der Waals surface area contributed by atoms with Crippen LogP contribution in [0.3, 0.4) is 0 Å². The van der Waals surface area contributed by atoms with E-state index in [2.05, 4.69) is 36.6 Å². The molecule has 0 aliphatic carbocycles. The molecule has 0 unspecified atom stereocenters. The number of hydrogen-bond donors (Lipinski definition) is 7. The molecule has 6 atom stereocenters. The largest absolute Gasteiger partial charge is 0.368 e. The molecule has 5 rings (SSSR count). The molecule has 1 saturated heterocycles. The van der Waals surface area contributed by atoms with Crippen molar-refractivity contribution >= 4 is 52.8 Å². The first-order chi connectivity index (χ1) is 29.6. The van der Waals surface area contributed by atoms with Gasteiger partial charge in [-0.25, -0.2) is 4.98 Å². The Labute approximate surface area is 361 Å². The number of carbonyl (C=O) groups is 7. The maximum absolute atomic E-state index is 14.4. The highest BCUT2D eigenvalue weighted by Crippen LogP contribution is 2.25. The van der Waals surface area contributed by atoms with Crippen LogP contribution in [0.2, 0.25) is 0 Å². The minimum absolute atomic E-state index is 0.0578. The maximum Gasteiger partial charge on any atom is 0.246 e. The average molecular weight is 853 g/mol. The first kappa shape index (κ1) is 46.7. The first-order valence-electron chi connectivity index (χ1n) is 21.2. The highest BCUT2D eigenvalue weighted by atomic mass is 16.2. The molecule has 0 spiro atoms.